The van der Waals surface area contributed by atoms with Crippen molar-refractivity contribution in [2.24, 2.45) is 0 Å². The van der Waals surface area contributed by atoms with Crippen molar-refractivity contribution in [3.8, 4) is 45.1 Å². The first kappa shape index (κ1) is 25.4. The van der Waals surface area contributed by atoms with E-state index in [2.05, 4.69) is 120 Å². The number of hydrogen-bond donors (Lipinski definition) is 0. The highest BCUT2D eigenvalue weighted by Crippen LogP contribution is 2.33. The molecule has 4 heteroatoms. The van der Waals surface area contributed by atoms with Gasteiger partial charge in [-0.25, -0.2) is 15.0 Å². The van der Waals surface area contributed by atoms with Crippen LogP contribution in [-0.2, 0) is 0 Å². The molecule has 9 aromatic rings. The Morgan fingerprint density at radius 2 is 1.02 bits per heavy atom. The van der Waals surface area contributed by atoms with Crippen molar-refractivity contribution < 1.29 is 4.42 Å². The minimum atomic E-state index is 0.599. The number of pyridine rings is 2. The molecule has 210 valence electrons. The molecular weight excluding hydrogens is 550 g/mol. The van der Waals surface area contributed by atoms with Crippen molar-refractivity contribution >= 4 is 43.7 Å². The van der Waals surface area contributed by atoms with Gasteiger partial charge in [-0.15, -0.1) is 0 Å². The molecule has 0 spiro atoms. The third-order valence-corrected chi connectivity index (χ3v) is 8.50. The first-order valence-electron chi connectivity index (χ1n) is 15.0. The lowest BCUT2D eigenvalue weighted by molar-refractivity contribution is 0.620. The summed E-state index contributed by atoms with van der Waals surface area (Å²) in [4.78, 5) is 15.0. The van der Waals surface area contributed by atoms with Crippen molar-refractivity contribution in [2.75, 3.05) is 0 Å². The van der Waals surface area contributed by atoms with Crippen LogP contribution in [0.3, 0.4) is 0 Å². The fraction of sp³-hybridized carbons (Fsp3) is 0. The van der Waals surface area contributed by atoms with Gasteiger partial charge in [0.2, 0.25) is 5.89 Å². The van der Waals surface area contributed by atoms with Crippen LogP contribution in [0.1, 0.15) is 0 Å². The molecule has 3 heterocycles. The average Bonchev–Trinajstić information content (AvgIpc) is 3.56. The number of benzene rings is 6. The molecule has 4 nitrogen and oxygen atoms in total. The highest BCUT2D eigenvalue weighted by molar-refractivity contribution is 6.04. The molecule has 6 aromatic carbocycles. The Balaban J connectivity index is 1.10. The fourth-order valence-electron chi connectivity index (χ4n) is 6.19. The van der Waals surface area contributed by atoms with Crippen LogP contribution >= 0.6 is 0 Å². The summed E-state index contributed by atoms with van der Waals surface area (Å²) in [5.41, 5.74) is 10.6. The lowest BCUT2D eigenvalue weighted by Crippen LogP contribution is -1.91. The van der Waals surface area contributed by atoms with Crippen molar-refractivity contribution in [2.45, 2.75) is 0 Å². The molecule has 0 saturated carbocycles. The van der Waals surface area contributed by atoms with Crippen LogP contribution in [0.2, 0.25) is 0 Å². The van der Waals surface area contributed by atoms with Gasteiger partial charge in [0.15, 0.2) is 5.58 Å². The zero-order valence-electron chi connectivity index (χ0n) is 24.2. The summed E-state index contributed by atoms with van der Waals surface area (Å²) in [5, 5.41) is 4.61. The fourth-order valence-corrected chi connectivity index (χ4v) is 6.19. The van der Waals surface area contributed by atoms with Crippen molar-refractivity contribution in [3.63, 3.8) is 0 Å². The molecule has 0 aliphatic heterocycles. The predicted molar refractivity (Wildman–Crippen MR) is 184 cm³/mol. The second-order valence-corrected chi connectivity index (χ2v) is 11.3. The minimum absolute atomic E-state index is 0.599. The van der Waals surface area contributed by atoms with Crippen LogP contribution in [0.25, 0.3) is 88.8 Å². The van der Waals surface area contributed by atoms with Gasteiger partial charge < -0.3 is 4.42 Å². The Bertz CT molecular complexity index is 2510. The number of para-hydroxylation sites is 2. The summed E-state index contributed by atoms with van der Waals surface area (Å²) in [6, 6.07) is 52.3. The molecule has 0 saturated heterocycles. The summed E-state index contributed by atoms with van der Waals surface area (Å²) in [6.07, 6.45) is 0. The van der Waals surface area contributed by atoms with Crippen LogP contribution in [0.15, 0.2) is 156 Å². The number of nitrogens with zero attached hydrogens (tertiary/aromatic N) is 3. The van der Waals surface area contributed by atoms with Crippen LogP contribution in [0.5, 0.6) is 0 Å². The Kier molecular flexibility index (Phi) is 5.78. The molecule has 45 heavy (non-hydrogen) atoms. The molecular formula is C41H25N3O. The maximum absolute atomic E-state index is 6.04. The standard InChI is InChI=1S/C41H25N3O/c1-2-11-33-26(7-1)8-6-12-34(33)27-15-17-28(18-16-27)35-23-21-29-19-20-30-22-24-36(43-40(30)39(29)42-35)31-9-5-10-32(25-31)41-44-37-13-3-4-14-38(37)45-41/h1-25H. The molecule has 0 atom stereocenters. The largest absolute Gasteiger partial charge is 0.436 e. The Morgan fingerprint density at radius 1 is 0.400 bits per heavy atom. The summed E-state index contributed by atoms with van der Waals surface area (Å²) < 4.78 is 6.04. The Morgan fingerprint density at radius 3 is 1.82 bits per heavy atom. The van der Waals surface area contributed by atoms with Gasteiger partial charge in [-0.05, 0) is 58.3 Å². The molecule has 0 N–H and O–H groups in total. The highest BCUT2D eigenvalue weighted by Gasteiger charge is 2.12. The van der Waals surface area contributed by atoms with E-state index in [0.29, 0.717) is 5.89 Å². The molecule has 0 fully saturated rings. The maximum Gasteiger partial charge on any atom is 0.227 e. The molecule has 0 bridgehead atoms. The maximum atomic E-state index is 6.04. The number of fused-ring (bicyclic) bond motifs is 5. The predicted octanol–water partition coefficient (Wildman–Crippen LogP) is 10.7. The van der Waals surface area contributed by atoms with Crippen LogP contribution in [0.4, 0.5) is 0 Å². The van der Waals surface area contributed by atoms with E-state index < -0.39 is 0 Å². The molecule has 3 aromatic heterocycles. The third kappa shape index (κ3) is 4.43. The van der Waals surface area contributed by atoms with Crippen LogP contribution in [0, 0.1) is 0 Å². The molecule has 0 unspecified atom stereocenters. The van der Waals surface area contributed by atoms with Gasteiger partial charge in [0.1, 0.15) is 5.52 Å². The van der Waals surface area contributed by atoms with Crippen molar-refractivity contribution in [1.29, 1.82) is 0 Å². The number of hydrogen-bond acceptors (Lipinski definition) is 4. The van der Waals surface area contributed by atoms with Crippen molar-refractivity contribution in [1.82, 2.24) is 15.0 Å². The van der Waals surface area contributed by atoms with Gasteiger partial charge in [-0.2, -0.15) is 0 Å². The number of oxazole rings is 1. The Labute approximate surface area is 259 Å². The topological polar surface area (TPSA) is 51.8 Å². The normalized spacial score (nSPS) is 11.6. The summed E-state index contributed by atoms with van der Waals surface area (Å²) in [5.74, 6) is 0.599. The zero-order chi connectivity index (χ0) is 29.7. The van der Waals surface area contributed by atoms with Gasteiger partial charge in [0.25, 0.3) is 0 Å². The number of aromatic nitrogens is 3. The lowest BCUT2D eigenvalue weighted by atomic mass is 9.97. The van der Waals surface area contributed by atoms with E-state index >= 15 is 0 Å². The lowest BCUT2D eigenvalue weighted by Gasteiger charge is -2.10. The van der Waals surface area contributed by atoms with E-state index in [-0.39, 0.29) is 0 Å². The first-order valence-corrected chi connectivity index (χ1v) is 15.0. The number of rotatable bonds is 4. The molecule has 0 aliphatic carbocycles. The highest BCUT2D eigenvalue weighted by atomic mass is 16.3. The van der Waals surface area contributed by atoms with E-state index in [0.717, 1.165) is 61.0 Å². The van der Waals surface area contributed by atoms with Gasteiger partial charge in [0.05, 0.1) is 22.4 Å². The SMILES string of the molecule is c1cc(-c2ccc3ccc4ccc(-c5ccc(-c6cccc7ccccc67)cc5)nc4c3n2)cc(-c2nc3ccccc3o2)c1. The van der Waals surface area contributed by atoms with E-state index in [1.54, 1.807) is 0 Å². The summed E-state index contributed by atoms with van der Waals surface area (Å²) >= 11 is 0. The first-order chi connectivity index (χ1) is 22.3. The van der Waals surface area contributed by atoms with Gasteiger partial charge >= 0.3 is 0 Å². The minimum Gasteiger partial charge on any atom is -0.436 e. The van der Waals surface area contributed by atoms with Gasteiger partial charge in [-0.3, -0.25) is 0 Å². The van der Waals surface area contributed by atoms with Gasteiger partial charge in [0, 0.05) is 27.5 Å². The summed E-state index contributed by atoms with van der Waals surface area (Å²) in [7, 11) is 0. The average molecular weight is 576 g/mol. The molecule has 0 amide bonds. The Hall–Kier alpha value is -6.13. The summed E-state index contributed by atoms with van der Waals surface area (Å²) in [6.45, 7) is 0. The van der Waals surface area contributed by atoms with Crippen LogP contribution in [-0.4, -0.2) is 15.0 Å². The third-order valence-electron chi connectivity index (χ3n) is 8.50. The van der Waals surface area contributed by atoms with E-state index in [1.165, 1.54) is 21.9 Å². The molecule has 9 rings (SSSR count). The van der Waals surface area contributed by atoms with E-state index in [1.807, 2.05) is 36.4 Å². The second-order valence-electron chi connectivity index (χ2n) is 11.3. The smallest absolute Gasteiger partial charge is 0.227 e. The zero-order valence-corrected chi connectivity index (χ0v) is 24.2. The van der Waals surface area contributed by atoms with E-state index in [9.17, 15) is 0 Å². The van der Waals surface area contributed by atoms with Crippen LogP contribution < -0.4 is 0 Å². The van der Waals surface area contributed by atoms with E-state index in [4.69, 9.17) is 14.4 Å². The molecule has 0 radical (unpaired) electrons. The quantitative estimate of drug-likeness (QED) is 0.196. The van der Waals surface area contributed by atoms with Gasteiger partial charge in [-0.1, -0.05) is 115 Å². The second kappa shape index (κ2) is 10.2. The van der Waals surface area contributed by atoms with Crippen molar-refractivity contribution in [3.05, 3.63) is 152 Å². The monoisotopic (exact) mass is 575 g/mol. The molecule has 0 aliphatic rings.